The first kappa shape index (κ1) is 12.7. The molecule has 0 spiro atoms. The smallest absolute Gasteiger partial charge is 0.321 e. The Hall–Kier alpha value is -1.75. The minimum Gasteiger partial charge on any atom is -0.481 e. The van der Waals surface area contributed by atoms with Crippen molar-refractivity contribution in [2.24, 2.45) is 0 Å². The van der Waals surface area contributed by atoms with E-state index in [1.807, 2.05) is 30.8 Å². The lowest BCUT2D eigenvalue weighted by atomic mass is 10.1. The summed E-state index contributed by atoms with van der Waals surface area (Å²) in [6.45, 7) is 4.10. The predicted molar refractivity (Wildman–Crippen MR) is 70.2 cm³/mol. The highest BCUT2D eigenvalue weighted by molar-refractivity contribution is 7.99. The number of H-pyrrole nitrogens is 1. The number of carboxylic acid groups (broad SMARTS) is 1. The molecule has 0 unspecified atom stereocenters. The first-order valence-electron chi connectivity index (χ1n) is 5.58. The van der Waals surface area contributed by atoms with E-state index >= 15 is 0 Å². The van der Waals surface area contributed by atoms with Crippen molar-refractivity contribution in [1.29, 1.82) is 0 Å². The normalized spacial score (nSPS) is 10.6. The van der Waals surface area contributed by atoms with Crippen LogP contribution in [0.15, 0.2) is 35.7 Å². The Morgan fingerprint density at radius 1 is 1.33 bits per heavy atom. The molecule has 0 aliphatic rings. The highest BCUT2D eigenvalue weighted by atomic mass is 32.2. The van der Waals surface area contributed by atoms with Crippen molar-refractivity contribution in [3.05, 3.63) is 41.7 Å². The Bertz CT molecular complexity index is 558. The van der Waals surface area contributed by atoms with E-state index in [1.54, 1.807) is 0 Å². The molecule has 0 fully saturated rings. The van der Waals surface area contributed by atoms with Gasteiger partial charge in [0.15, 0.2) is 0 Å². The molecule has 2 aromatic rings. The maximum atomic E-state index is 10.6. The lowest BCUT2D eigenvalue weighted by Gasteiger charge is -2.02. The third-order valence-corrected chi connectivity index (χ3v) is 3.45. The van der Waals surface area contributed by atoms with Gasteiger partial charge in [0.05, 0.1) is 0 Å². The van der Waals surface area contributed by atoms with Crippen molar-refractivity contribution in [1.82, 2.24) is 4.98 Å². The molecular formula is C13H15N2O2S+. The third kappa shape index (κ3) is 2.92. The molecule has 0 saturated carbocycles. The number of imidazole rings is 1. The van der Waals surface area contributed by atoms with Gasteiger partial charge >= 0.3 is 11.1 Å². The fourth-order valence-electron chi connectivity index (χ4n) is 1.85. The van der Waals surface area contributed by atoms with E-state index in [9.17, 15) is 4.79 Å². The van der Waals surface area contributed by atoms with E-state index in [0.717, 1.165) is 10.8 Å². The van der Waals surface area contributed by atoms with Gasteiger partial charge in [0.1, 0.15) is 23.8 Å². The van der Waals surface area contributed by atoms with E-state index in [2.05, 4.69) is 23.2 Å². The SMILES string of the molecule is Cc1cc(C)cc(-[n+]2cc[nH]c2SCC(=O)O)c1. The van der Waals surface area contributed by atoms with Crippen LogP contribution >= 0.6 is 11.8 Å². The Morgan fingerprint density at radius 3 is 2.61 bits per heavy atom. The molecule has 0 saturated heterocycles. The largest absolute Gasteiger partial charge is 0.481 e. The van der Waals surface area contributed by atoms with Gasteiger partial charge in [0, 0.05) is 0 Å². The molecule has 18 heavy (non-hydrogen) atoms. The molecule has 0 aliphatic heterocycles. The van der Waals surface area contributed by atoms with Crippen molar-refractivity contribution in [2.45, 2.75) is 19.0 Å². The van der Waals surface area contributed by atoms with Crippen LogP contribution in [0.2, 0.25) is 0 Å². The van der Waals surface area contributed by atoms with E-state index in [1.165, 1.54) is 22.9 Å². The van der Waals surface area contributed by atoms with Crippen LogP contribution in [-0.2, 0) is 4.79 Å². The molecular weight excluding hydrogens is 248 g/mol. The second-order valence-corrected chi connectivity index (χ2v) is 5.13. The van der Waals surface area contributed by atoms with Gasteiger partial charge in [-0.25, -0.2) is 4.98 Å². The summed E-state index contributed by atoms with van der Waals surface area (Å²) < 4.78 is 1.97. The summed E-state index contributed by atoms with van der Waals surface area (Å²) in [5, 5.41) is 9.54. The van der Waals surface area contributed by atoms with Gasteiger partial charge < -0.3 is 5.11 Å². The lowest BCUT2D eigenvalue weighted by Crippen LogP contribution is -2.31. The zero-order valence-electron chi connectivity index (χ0n) is 10.3. The molecule has 2 N–H and O–H groups in total. The minimum atomic E-state index is -0.818. The van der Waals surface area contributed by atoms with Crippen LogP contribution in [0.5, 0.6) is 0 Å². The lowest BCUT2D eigenvalue weighted by molar-refractivity contribution is -0.635. The maximum Gasteiger partial charge on any atom is 0.321 e. The number of thioether (sulfide) groups is 1. The number of aliphatic carboxylic acids is 1. The van der Waals surface area contributed by atoms with Crippen LogP contribution in [0, 0.1) is 13.8 Å². The van der Waals surface area contributed by atoms with Crippen LogP contribution in [0.1, 0.15) is 11.1 Å². The number of nitrogens with one attached hydrogen (secondary N) is 1. The third-order valence-electron chi connectivity index (χ3n) is 2.47. The predicted octanol–water partition coefficient (Wildman–Crippen LogP) is 2.08. The standard InChI is InChI=1S/C13H14N2O2S/c1-9-5-10(2)7-11(6-9)15-4-3-14-13(15)18-8-12(16)17/h3-7H,8H2,1-2H3,(H,16,17)/p+1. The van der Waals surface area contributed by atoms with Crippen molar-refractivity contribution in [3.8, 4) is 5.69 Å². The monoisotopic (exact) mass is 263 g/mol. The highest BCUT2D eigenvalue weighted by Gasteiger charge is 2.15. The molecule has 1 aromatic heterocycles. The summed E-state index contributed by atoms with van der Waals surface area (Å²) in [5.41, 5.74) is 3.42. The summed E-state index contributed by atoms with van der Waals surface area (Å²) in [7, 11) is 0. The number of aryl methyl sites for hydroxylation is 2. The zero-order valence-corrected chi connectivity index (χ0v) is 11.1. The Labute approximate surface area is 110 Å². The van der Waals surface area contributed by atoms with Crippen LogP contribution in [0.25, 0.3) is 5.69 Å². The van der Waals surface area contributed by atoms with Gasteiger partial charge in [-0.2, -0.15) is 4.57 Å². The van der Waals surface area contributed by atoms with E-state index in [4.69, 9.17) is 5.11 Å². The Morgan fingerprint density at radius 2 is 2.00 bits per heavy atom. The van der Waals surface area contributed by atoms with Crippen molar-refractivity contribution >= 4 is 17.7 Å². The average Bonchev–Trinajstić information content (AvgIpc) is 2.72. The van der Waals surface area contributed by atoms with Crippen LogP contribution < -0.4 is 4.57 Å². The number of aromatic amines is 1. The quantitative estimate of drug-likeness (QED) is 0.656. The van der Waals surface area contributed by atoms with Crippen molar-refractivity contribution in [3.63, 3.8) is 0 Å². The van der Waals surface area contributed by atoms with Crippen molar-refractivity contribution in [2.75, 3.05) is 5.75 Å². The molecule has 0 atom stereocenters. The highest BCUT2D eigenvalue weighted by Crippen LogP contribution is 2.14. The molecule has 1 heterocycles. The molecule has 0 bridgehead atoms. The van der Waals surface area contributed by atoms with Gasteiger partial charge in [-0.1, -0.05) is 6.07 Å². The zero-order chi connectivity index (χ0) is 13.1. The van der Waals surface area contributed by atoms with Crippen LogP contribution in [-0.4, -0.2) is 21.8 Å². The number of aromatic nitrogens is 2. The second kappa shape index (κ2) is 5.27. The van der Waals surface area contributed by atoms with E-state index in [0.29, 0.717) is 0 Å². The first-order valence-corrected chi connectivity index (χ1v) is 6.57. The summed E-state index contributed by atoms with van der Waals surface area (Å²) >= 11 is 1.28. The number of rotatable bonds is 4. The molecule has 4 nitrogen and oxygen atoms in total. The summed E-state index contributed by atoms with van der Waals surface area (Å²) in [6.07, 6.45) is 3.71. The van der Waals surface area contributed by atoms with Gasteiger partial charge in [0.25, 0.3) is 0 Å². The number of benzene rings is 1. The van der Waals surface area contributed by atoms with Gasteiger partial charge in [-0.3, -0.25) is 4.79 Å². The molecule has 5 heteroatoms. The second-order valence-electron chi connectivity index (χ2n) is 4.16. The molecule has 2 rings (SSSR count). The van der Waals surface area contributed by atoms with Crippen molar-refractivity contribution < 1.29 is 14.5 Å². The number of hydrogen-bond donors (Lipinski definition) is 2. The maximum absolute atomic E-state index is 10.6. The number of hydrogen-bond acceptors (Lipinski definition) is 2. The number of carboxylic acids is 1. The Balaban J connectivity index is 2.33. The molecule has 1 aromatic carbocycles. The fraction of sp³-hybridized carbons (Fsp3) is 0.231. The van der Waals surface area contributed by atoms with Crippen LogP contribution in [0.3, 0.4) is 0 Å². The molecule has 0 aliphatic carbocycles. The topological polar surface area (TPSA) is 57.0 Å². The molecule has 0 amide bonds. The number of carbonyl (C=O) groups is 1. The first-order chi connectivity index (χ1) is 8.56. The summed E-state index contributed by atoms with van der Waals surface area (Å²) in [6, 6.07) is 6.26. The minimum absolute atomic E-state index is 0.0469. The van der Waals surface area contributed by atoms with E-state index < -0.39 is 5.97 Å². The summed E-state index contributed by atoms with van der Waals surface area (Å²) in [4.78, 5) is 13.7. The van der Waals surface area contributed by atoms with Crippen LogP contribution in [0.4, 0.5) is 0 Å². The van der Waals surface area contributed by atoms with Gasteiger partial charge in [-0.05, 0) is 48.9 Å². The number of nitrogens with zero attached hydrogens (tertiary/aromatic N) is 1. The molecule has 0 radical (unpaired) electrons. The van der Waals surface area contributed by atoms with Gasteiger partial charge in [0.2, 0.25) is 0 Å². The average molecular weight is 263 g/mol. The fourth-order valence-corrected chi connectivity index (χ4v) is 2.57. The van der Waals surface area contributed by atoms with E-state index in [-0.39, 0.29) is 5.75 Å². The van der Waals surface area contributed by atoms with Gasteiger partial charge in [-0.15, -0.1) is 0 Å². The summed E-state index contributed by atoms with van der Waals surface area (Å²) in [5.74, 6) is -0.771. The Kier molecular flexibility index (Phi) is 3.72. The molecule has 94 valence electrons.